The van der Waals surface area contributed by atoms with Crippen LogP contribution in [-0.4, -0.2) is 49.2 Å². The molecule has 3 N–H and O–H groups in total. The van der Waals surface area contributed by atoms with E-state index in [1.165, 1.54) is 31.4 Å². The number of hydrogen-bond donors (Lipinski definition) is 3. The molecular weight excluding hydrogens is 618 g/mol. The van der Waals surface area contributed by atoms with Gasteiger partial charge in [-0.2, -0.15) is 0 Å². The second-order valence-electron chi connectivity index (χ2n) is 11.7. The van der Waals surface area contributed by atoms with Gasteiger partial charge in [0, 0.05) is 24.1 Å². The van der Waals surface area contributed by atoms with Crippen LogP contribution in [0.4, 0.5) is 10.8 Å². The van der Waals surface area contributed by atoms with Gasteiger partial charge in [-0.3, -0.25) is 19.4 Å². The highest BCUT2D eigenvalue weighted by atomic mass is 32.1. The maximum Gasteiger partial charge on any atom is 0.248 e. The highest BCUT2D eigenvalue weighted by molar-refractivity contribution is 7.14. The number of nitrogens with zero attached hydrogens (tertiary/aromatic N) is 2. The van der Waals surface area contributed by atoms with Crippen LogP contribution in [0.15, 0.2) is 58.8 Å². The van der Waals surface area contributed by atoms with E-state index in [0.717, 1.165) is 11.1 Å². The molecule has 2 amide bonds. The molecule has 0 radical (unpaired) electrons. The number of aryl methyl sites for hydroxylation is 1. The van der Waals surface area contributed by atoms with E-state index in [9.17, 15) is 14.4 Å². The average Bonchev–Trinajstić information content (AvgIpc) is 3.40. The highest BCUT2D eigenvalue weighted by Crippen LogP contribution is 2.50. The predicted octanol–water partition coefficient (Wildman–Crippen LogP) is 5.85. The van der Waals surface area contributed by atoms with Crippen molar-refractivity contribution in [2.24, 2.45) is 5.92 Å². The second-order valence-corrected chi connectivity index (χ2v) is 12.5. The number of benzene rings is 1. The molecule has 0 bridgehead atoms. The van der Waals surface area contributed by atoms with E-state index in [0.29, 0.717) is 64.2 Å². The van der Waals surface area contributed by atoms with Crippen LogP contribution in [0, 0.1) is 5.92 Å². The number of carbonyl (C=O) groups excluding carboxylic acids is 2. The van der Waals surface area contributed by atoms with Crippen LogP contribution in [-0.2, 0) is 16.0 Å². The number of anilines is 2. The Morgan fingerprint density at radius 1 is 1.02 bits per heavy atom. The van der Waals surface area contributed by atoms with Crippen molar-refractivity contribution in [1.82, 2.24) is 15.3 Å². The Labute approximate surface area is 277 Å². The monoisotopic (exact) mass is 657 g/mol. The summed E-state index contributed by atoms with van der Waals surface area (Å²) in [7, 11) is 4.66. The largest absolute Gasteiger partial charge is 0.493 e. The Morgan fingerprint density at radius 2 is 1.81 bits per heavy atom. The molecule has 246 valence electrons. The fourth-order valence-corrected chi connectivity index (χ4v) is 6.58. The van der Waals surface area contributed by atoms with Gasteiger partial charge in [-0.25, -0.2) is 4.98 Å². The Balaban J connectivity index is 1.55. The Morgan fingerprint density at radius 3 is 2.47 bits per heavy atom. The number of pyridine rings is 1. The smallest absolute Gasteiger partial charge is 0.248 e. The zero-order chi connectivity index (χ0) is 33.7. The summed E-state index contributed by atoms with van der Waals surface area (Å²) < 4.78 is 17.2. The van der Waals surface area contributed by atoms with Crippen molar-refractivity contribution in [3.05, 3.63) is 75.4 Å². The zero-order valence-corrected chi connectivity index (χ0v) is 28.1. The van der Waals surface area contributed by atoms with E-state index in [1.807, 2.05) is 49.6 Å². The van der Waals surface area contributed by atoms with Crippen LogP contribution in [0.1, 0.15) is 50.8 Å². The minimum absolute atomic E-state index is 0.144. The summed E-state index contributed by atoms with van der Waals surface area (Å²) in [5.74, 6) is 1.02. The molecular formula is C35H39N5O6S. The number of nitrogens with one attached hydrogen (secondary N) is 3. The molecule has 4 aromatic rings. The minimum Gasteiger partial charge on any atom is -0.493 e. The molecule has 0 saturated carbocycles. The van der Waals surface area contributed by atoms with E-state index in [1.54, 1.807) is 26.5 Å². The minimum atomic E-state index is -0.732. The van der Waals surface area contributed by atoms with Gasteiger partial charge >= 0.3 is 0 Å². The molecule has 0 fully saturated rings. The highest BCUT2D eigenvalue weighted by Gasteiger charge is 2.30. The van der Waals surface area contributed by atoms with Crippen LogP contribution in [0.2, 0.25) is 0 Å². The summed E-state index contributed by atoms with van der Waals surface area (Å²) in [6, 6.07) is 11.3. The maximum absolute atomic E-state index is 13.9. The molecule has 1 aliphatic carbocycles. The summed E-state index contributed by atoms with van der Waals surface area (Å²) in [5, 5.41) is 11.4. The van der Waals surface area contributed by atoms with Crippen molar-refractivity contribution in [3.8, 4) is 39.8 Å². The van der Waals surface area contributed by atoms with Crippen LogP contribution >= 0.6 is 11.3 Å². The summed E-state index contributed by atoms with van der Waals surface area (Å²) in [5.41, 5.74) is 4.31. The topological polar surface area (TPSA) is 141 Å². The first-order valence-corrected chi connectivity index (χ1v) is 16.2. The van der Waals surface area contributed by atoms with Crippen LogP contribution in [0.5, 0.6) is 17.2 Å². The van der Waals surface area contributed by atoms with Crippen LogP contribution in [0.25, 0.3) is 22.5 Å². The molecule has 2 aromatic carbocycles. The quantitative estimate of drug-likeness (QED) is 0.181. The number of hydrogen-bond acceptors (Lipinski definition) is 10. The van der Waals surface area contributed by atoms with Gasteiger partial charge in [-0.05, 0) is 72.2 Å². The number of rotatable bonds is 11. The van der Waals surface area contributed by atoms with Gasteiger partial charge in [0.2, 0.25) is 23.0 Å². The van der Waals surface area contributed by atoms with E-state index in [2.05, 4.69) is 25.9 Å². The summed E-state index contributed by atoms with van der Waals surface area (Å²) in [6.45, 7) is 5.48. The number of carbonyl (C=O) groups is 2. The lowest BCUT2D eigenvalue weighted by Gasteiger charge is -2.20. The van der Waals surface area contributed by atoms with Crippen molar-refractivity contribution in [1.29, 1.82) is 0 Å². The fraction of sp³-hybridized carbons (Fsp3) is 0.343. The van der Waals surface area contributed by atoms with E-state index in [-0.39, 0.29) is 28.8 Å². The van der Waals surface area contributed by atoms with Crippen molar-refractivity contribution >= 4 is 34.0 Å². The first-order chi connectivity index (χ1) is 22.6. The molecule has 2 heterocycles. The first kappa shape index (κ1) is 33.4. The lowest BCUT2D eigenvalue weighted by atomic mass is 9.95. The fourth-order valence-electron chi connectivity index (χ4n) is 5.87. The van der Waals surface area contributed by atoms with E-state index in [4.69, 9.17) is 14.2 Å². The molecule has 0 saturated heterocycles. The molecule has 47 heavy (non-hydrogen) atoms. The number of thiazole rings is 1. The number of fused-ring (bicyclic) bond motifs is 3. The van der Waals surface area contributed by atoms with Crippen molar-refractivity contribution in [3.63, 3.8) is 0 Å². The first-order valence-electron chi connectivity index (χ1n) is 15.3. The Kier molecular flexibility index (Phi) is 10.4. The average molecular weight is 658 g/mol. The predicted molar refractivity (Wildman–Crippen MR) is 184 cm³/mol. The molecule has 12 heteroatoms. The number of methoxy groups -OCH3 is 3. The Hall–Kier alpha value is -4.97. The van der Waals surface area contributed by atoms with Gasteiger partial charge in [-0.15, -0.1) is 11.3 Å². The SMILES string of the molecule is COc1cc2c(c(OC)c1OC)-c1ccc(N[C@@H](CC(C)C)C(=O)Nc3nc(-c4ccccn4)cs3)c(=O)cc1[C@H](NC(C)=O)CC2. The number of amides is 2. The third kappa shape index (κ3) is 7.38. The normalized spacial score (nSPS) is 14.2. The van der Waals surface area contributed by atoms with Crippen molar-refractivity contribution < 1.29 is 23.8 Å². The zero-order valence-electron chi connectivity index (χ0n) is 27.3. The standard InChI is InChI=1S/C35H39N5O6S/c1-19(2)15-27(34(43)40-35-39-28(18-47-35)25-9-7-8-14-36-25)38-26-13-11-22-23(17-29(26)42)24(37-20(3)41)12-10-21-16-30(44-4)32(45-5)33(46-6)31(21)22/h7-9,11,13-14,16-19,24,27H,10,12,15H2,1-6H3,(H,37,41)(H,38,42)(H,39,40,43)/t24-,27+/m1/s1. The third-order valence-electron chi connectivity index (χ3n) is 7.93. The van der Waals surface area contributed by atoms with Crippen LogP contribution < -0.4 is 35.6 Å². The van der Waals surface area contributed by atoms with E-state index < -0.39 is 12.1 Å². The summed E-state index contributed by atoms with van der Waals surface area (Å²) in [6.07, 6.45) is 3.28. The summed E-state index contributed by atoms with van der Waals surface area (Å²) in [4.78, 5) is 48.7. The molecule has 0 unspecified atom stereocenters. The van der Waals surface area contributed by atoms with Crippen LogP contribution in [0.3, 0.4) is 0 Å². The Bertz CT molecular complexity index is 1830. The lowest BCUT2D eigenvalue weighted by Crippen LogP contribution is -2.37. The van der Waals surface area contributed by atoms with Gasteiger partial charge in [0.15, 0.2) is 16.6 Å². The van der Waals surface area contributed by atoms with Gasteiger partial charge in [0.25, 0.3) is 0 Å². The van der Waals surface area contributed by atoms with E-state index >= 15 is 0 Å². The van der Waals surface area contributed by atoms with Crippen molar-refractivity contribution in [2.75, 3.05) is 32.0 Å². The second kappa shape index (κ2) is 14.6. The molecule has 5 rings (SSSR count). The third-order valence-corrected chi connectivity index (χ3v) is 8.69. The van der Waals surface area contributed by atoms with Crippen molar-refractivity contribution in [2.45, 2.75) is 52.1 Å². The molecule has 0 spiro atoms. The molecule has 2 aromatic heterocycles. The van der Waals surface area contributed by atoms with Gasteiger partial charge < -0.3 is 30.2 Å². The maximum atomic E-state index is 13.9. The summed E-state index contributed by atoms with van der Waals surface area (Å²) >= 11 is 1.30. The number of aromatic nitrogens is 2. The molecule has 1 aliphatic rings. The molecule has 2 atom stereocenters. The molecule has 0 aliphatic heterocycles. The number of ether oxygens (including phenoxy) is 3. The van der Waals surface area contributed by atoms with Gasteiger partial charge in [-0.1, -0.05) is 26.0 Å². The lowest BCUT2D eigenvalue weighted by molar-refractivity contribution is -0.120. The van der Waals surface area contributed by atoms with Gasteiger partial charge in [0.05, 0.1) is 38.8 Å². The van der Waals surface area contributed by atoms with Gasteiger partial charge in [0.1, 0.15) is 11.7 Å². The molecule has 11 nitrogen and oxygen atoms in total.